The van der Waals surface area contributed by atoms with Gasteiger partial charge in [0.05, 0.1) is 5.69 Å². The molecule has 1 heterocycles. The van der Waals surface area contributed by atoms with Crippen molar-refractivity contribution in [3.8, 4) is 0 Å². The molecule has 2 rings (SSSR count). The van der Waals surface area contributed by atoms with E-state index in [-0.39, 0.29) is 6.54 Å². The molecule has 1 aliphatic heterocycles. The number of rotatable bonds is 5. The van der Waals surface area contributed by atoms with E-state index in [1.165, 1.54) is 0 Å². The van der Waals surface area contributed by atoms with Crippen molar-refractivity contribution in [3.05, 3.63) is 29.8 Å². The van der Waals surface area contributed by atoms with Gasteiger partial charge in [-0.05, 0) is 18.6 Å². The van der Waals surface area contributed by atoms with Crippen LogP contribution in [-0.4, -0.2) is 46.6 Å². The number of nitrogens with one attached hydrogen (secondary N) is 1. The van der Waals surface area contributed by atoms with Gasteiger partial charge in [0.15, 0.2) is 0 Å². The molecular weight excluding hydrogens is 312 g/mol. The van der Waals surface area contributed by atoms with Crippen LogP contribution in [0, 0.1) is 11.6 Å². The number of carbonyl (C=O) groups is 4. The van der Waals surface area contributed by atoms with Crippen molar-refractivity contribution in [3.63, 3.8) is 0 Å². The predicted octanol–water partition coefficient (Wildman–Crippen LogP) is 1.10. The average Bonchev–Trinajstić information content (AvgIpc) is 2.69. The van der Waals surface area contributed by atoms with E-state index in [0.29, 0.717) is 11.3 Å². The molecule has 0 saturated carbocycles. The van der Waals surface area contributed by atoms with Gasteiger partial charge in [-0.2, -0.15) is 0 Å². The van der Waals surface area contributed by atoms with Gasteiger partial charge < -0.3 is 5.32 Å². The number of amides is 5. The van der Waals surface area contributed by atoms with Crippen molar-refractivity contribution in [2.75, 3.05) is 18.4 Å². The first-order valence-electron chi connectivity index (χ1n) is 6.77. The molecule has 0 aromatic heterocycles. The average molecular weight is 325 g/mol. The third-order valence-corrected chi connectivity index (χ3v) is 3.09. The normalized spacial score (nSPS) is 14.7. The summed E-state index contributed by atoms with van der Waals surface area (Å²) in [5.74, 6) is -4.70. The molecule has 9 heteroatoms. The zero-order chi connectivity index (χ0) is 17.1. The van der Waals surface area contributed by atoms with Gasteiger partial charge in [0.2, 0.25) is 5.91 Å². The van der Waals surface area contributed by atoms with Crippen molar-refractivity contribution in [1.29, 1.82) is 0 Å². The topological polar surface area (TPSA) is 86.8 Å². The second-order valence-corrected chi connectivity index (χ2v) is 4.80. The smallest absolute Gasteiger partial charge is 0.322 e. The third-order valence-electron chi connectivity index (χ3n) is 3.09. The Morgan fingerprint density at radius 3 is 2.43 bits per heavy atom. The van der Waals surface area contributed by atoms with Crippen molar-refractivity contribution in [2.45, 2.75) is 13.3 Å². The highest BCUT2D eigenvalue weighted by molar-refractivity contribution is 6.45. The van der Waals surface area contributed by atoms with Crippen LogP contribution in [0.1, 0.15) is 13.3 Å². The van der Waals surface area contributed by atoms with E-state index >= 15 is 0 Å². The first-order chi connectivity index (χ1) is 10.8. The Morgan fingerprint density at radius 1 is 1.13 bits per heavy atom. The van der Waals surface area contributed by atoms with E-state index in [2.05, 4.69) is 5.32 Å². The van der Waals surface area contributed by atoms with Crippen LogP contribution in [0.2, 0.25) is 0 Å². The minimum atomic E-state index is -1.13. The molecule has 0 bridgehead atoms. The number of carbonyl (C=O) groups excluding carboxylic acids is 4. The second-order valence-electron chi connectivity index (χ2n) is 4.80. The number of benzene rings is 1. The Hall–Kier alpha value is -2.84. The predicted molar refractivity (Wildman–Crippen MR) is 74.1 cm³/mol. The first-order valence-corrected chi connectivity index (χ1v) is 6.77. The maximum Gasteiger partial charge on any atom is 0.334 e. The van der Waals surface area contributed by atoms with E-state index in [1.54, 1.807) is 6.92 Å². The van der Waals surface area contributed by atoms with Crippen LogP contribution >= 0.6 is 0 Å². The minimum Gasteiger partial charge on any atom is -0.322 e. The fraction of sp³-hybridized carbons (Fsp3) is 0.286. The molecule has 0 radical (unpaired) electrons. The highest BCUT2D eigenvalue weighted by Crippen LogP contribution is 2.16. The summed E-state index contributed by atoms with van der Waals surface area (Å²) in [5.41, 5.74) is -0.425. The van der Waals surface area contributed by atoms with Gasteiger partial charge >= 0.3 is 17.8 Å². The molecular formula is C14H13F2N3O4. The maximum atomic E-state index is 13.4. The summed E-state index contributed by atoms with van der Waals surface area (Å²) in [7, 11) is 0. The first kappa shape index (κ1) is 16.5. The fourth-order valence-corrected chi connectivity index (χ4v) is 2.04. The monoisotopic (exact) mass is 325 g/mol. The highest BCUT2D eigenvalue weighted by Gasteiger charge is 2.44. The number of hydrogen-bond donors (Lipinski definition) is 1. The molecule has 1 aromatic carbocycles. The van der Waals surface area contributed by atoms with E-state index < -0.39 is 47.6 Å². The van der Waals surface area contributed by atoms with Crippen LogP contribution in [0.5, 0.6) is 0 Å². The second kappa shape index (κ2) is 6.51. The largest absolute Gasteiger partial charge is 0.334 e. The SMILES string of the molecule is CCCN1C(=O)C(=O)N(CC(=O)Nc2cc(F)ccc2F)C1=O. The summed E-state index contributed by atoms with van der Waals surface area (Å²) in [6.07, 6.45) is 0.458. The Labute approximate surface area is 129 Å². The zero-order valence-electron chi connectivity index (χ0n) is 12.1. The molecule has 5 amide bonds. The fourth-order valence-electron chi connectivity index (χ4n) is 2.04. The van der Waals surface area contributed by atoms with Crippen LogP contribution in [0.4, 0.5) is 19.3 Å². The molecule has 0 atom stereocenters. The Morgan fingerprint density at radius 2 is 1.78 bits per heavy atom. The maximum absolute atomic E-state index is 13.4. The number of hydrogen-bond acceptors (Lipinski definition) is 4. The molecule has 0 spiro atoms. The molecule has 0 unspecified atom stereocenters. The Kier molecular flexibility index (Phi) is 4.68. The van der Waals surface area contributed by atoms with E-state index in [4.69, 9.17) is 0 Å². The Balaban J connectivity index is 2.08. The van der Waals surface area contributed by atoms with E-state index in [9.17, 15) is 28.0 Å². The van der Waals surface area contributed by atoms with Crippen LogP contribution in [-0.2, 0) is 14.4 Å². The van der Waals surface area contributed by atoms with Crippen LogP contribution in [0.3, 0.4) is 0 Å². The summed E-state index contributed by atoms with van der Waals surface area (Å²) in [6.45, 7) is 1.01. The molecule has 0 aliphatic carbocycles. The van der Waals surface area contributed by atoms with Crippen molar-refractivity contribution >= 4 is 29.4 Å². The molecule has 1 N–H and O–H groups in total. The summed E-state index contributed by atoms with van der Waals surface area (Å²) in [5, 5.41) is 2.05. The number of urea groups is 1. The summed E-state index contributed by atoms with van der Waals surface area (Å²) in [6, 6.07) is 1.55. The van der Waals surface area contributed by atoms with Gasteiger partial charge in [-0.3, -0.25) is 19.3 Å². The number of anilines is 1. The Bertz CT molecular complexity index is 693. The molecule has 23 heavy (non-hydrogen) atoms. The molecule has 7 nitrogen and oxygen atoms in total. The molecule has 1 saturated heterocycles. The standard InChI is InChI=1S/C14H13F2N3O4/c1-2-5-18-12(21)13(22)19(14(18)23)7-11(20)17-10-6-8(15)3-4-9(10)16/h3-4,6H,2,5,7H2,1H3,(H,17,20). The number of nitrogens with zero attached hydrogens (tertiary/aromatic N) is 2. The van der Waals surface area contributed by atoms with Crippen molar-refractivity contribution < 1.29 is 28.0 Å². The van der Waals surface area contributed by atoms with Crippen LogP contribution in [0.25, 0.3) is 0 Å². The quantitative estimate of drug-likeness (QED) is 0.649. The molecule has 1 aromatic rings. The summed E-state index contributed by atoms with van der Waals surface area (Å²) < 4.78 is 26.5. The number of imide groups is 2. The lowest BCUT2D eigenvalue weighted by atomic mass is 10.3. The number of halogens is 2. The zero-order valence-corrected chi connectivity index (χ0v) is 12.1. The van der Waals surface area contributed by atoms with Gasteiger partial charge in [0.1, 0.15) is 18.2 Å². The molecule has 1 fully saturated rings. The van der Waals surface area contributed by atoms with Gasteiger partial charge in [0, 0.05) is 12.6 Å². The van der Waals surface area contributed by atoms with E-state index in [1.807, 2.05) is 0 Å². The van der Waals surface area contributed by atoms with Gasteiger partial charge in [0.25, 0.3) is 0 Å². The lowest BCUT2D eigenvalue weighted by Gasteiger charge is -2.14. The van der Waals surface area contributed by atoms with Gasteiger partial charge in [-0.25, -0.2) is 18.5 Å². The molecule has 122 valence electrons. The molecule has 1 aliphatic rings. The summed E-state index contributed by atoms with van der Waals surface area (Å²) >= 11 is 0. The van der Waals surface area contributed by atoms with Crippen molar-refractivity contribution in [1.82, 2.24) is 9.80 Å². The summed E-state index contributed by atoms with van der Waals surface area (Å²) in [4.78, 5) is 48.3. The third kappa shape index (κ3) is 3.33. The van der Waals surface area contributed by atoms with Crippen LogP contribution < -0.4 is 5.32 Å². The van der Waals surface area contributed by atoms with E-state index in [0.717, 1.165) is 23.1 Å². The van der Waals surface area contributed by atoms with Gasteiger partial charge in [-0.1, -0.05) is 6.92 Å². The van der Waals surface area contributed by atoms with Crippen LogP contribution in [0.15, 0.2) is 18.2 Å². The minimum absolute atomic E-state index is 0.0556. The van der Waals surface area contributed by atoms with Gasteiger partial charge in [-0.15, -0.1) is 0 Å². The lowest BCUT2D eigenvalue weighted by molar-refractivity contribution is -0.143. The van der Waals surface area contributed by atoms with Crippen molar-refractivity contribution in [2.24, 2.45) is 0 Å². The lowest BCUT2D eigenvalue weighted by Crippen LogP contribution is -2.39. The highest BCUT2D eigenvalue weighted by atomic mass is 19.1.